The molecule has 0 aromatic carbocycles. The van der Waals surface area contributed by atoms with Gasteiger partial charge in [-0.2, -0.15) is 4.98 Å². The third kappa shape index (κ3) is 4.38. The number of rotatable bonds is 5. The molecule has 0 atom stereocenters. The summed E-state index contributed by atoms with van der Waals surface area (Å²) in [5.41, 5.74) is 0.875. The zero-order chi connectivity index (χ0) is 15.5. The van der Waals surface area contributed by atoms with Crippen LogP contribution >= 0.6 is 0 Å². The SMILES string of the molecule is CCCS(=O)(=O)N1CCC(Oc2cc(C)nc(C)n2)CC1. The van der Waals surface area contributed by atoms with E-state index >= 15 is 0 Å². The molecule has 0 amide bonds. The Labute approximate surface area is 126 Å². The Hall–Kier alpha value is -1.21. The van der Waals surface area contributed by atoms with E-state index in [9.17, 15) is 8.42 Å². The molecule has 0 N–H and O–H groups in total. The molecule has 2 rings (SSSR count). The van der Waals surface area contributed by atoms with Crippen LogP contribution in [0.5, 0.6) is 5.88 Å². The quantitative estimate of drug-likeness (QED) is 0.827. The maximum Gasteiger partial charge on any atom is 0.217 e. The van der Waals surface area contributed by atoms with E-state index in [0.29, 0.717) is 44.1 Å². The summed E-state index contributed by atoms with van der Waals surface area (Å²) < 4.78 is 31.5. The lowest BCUT2D eigenvalue weighted by atomic mass is 10.1. The largest absolute Gasteiger partial charge is 0.474 e. The summed E-state index contributed by atoms with van der Waals surface area (Å²) in [6, 6.07) is 1.81. The molecule has 0 spiro atoms. The van der Waals surface area contributed by atoms with Crippen LogP contribution < -0.4 is 4.74 Å². The van der Waals surface area contributed by atoms with Crippen LogP contribution in [0.25, 0.3) is 0 Å². The van der Waals surface area contributed by atoms with Gasteiger partial charge in [0.2, 0.25) is 15.9 Å². The molecule has 21 heavy (non-hydrogen) atoms. The van der Waals surface area contributed by atoms with E-state index in [4.69, 9.17) is 4.74 Å². The van der Waals surface area contributed by atoms with Crippen molar-refractivity contribution in [3.63, 3.8) is 0 Å². The molecular weight excluding hydrogens is 290 g/mol. The van der Waals surface area contributed by atoms with Gasteiger partial charge < -0.3 is 4.74 Å². The topological polar surface area (TPSA) is 72.4 Å². The fourth-order valence-corrected chi connectivity index (χ4v) is 4.07. The first-order valence-corrected chi connectivity index (χ1v) is 8.98. The van der Waals surface area contributed by atoms with Crippen molar-refractivity contribution in [1.29, 1.82) is 0 Å². The highest BCUT2D eigenvalue weighted by molar-refractivity contribution is 7.89. The average molecular weight is 313 g/mol. The van der Waals surface area contributed by atoms with Crippen LogP contribution in [0.15, 0.2) is 6.07 Å². The second kappa shape index (κ2) is 6.70. The van der Waals surface area contributed by atoms with E-state index in [-0.39, 0.29) is 11.9 Å². The first kappa shape index (κ1) is 16.2. The number of ether oxygens (including phenoxy) is 1. The smallest absolute Gasteiger partial charge is 0.217 e. The summed E-state index contributed by atoms with van der Waals surface area (Å²) in [7, 11) is -3.09. The fourth-order valence-electron chi connectivity index (χ4n) is 2.53. The van der Waals surface area contributed by atoms with Gasteiger partial charge >= 0.3 is 0 Å². The van der Waals surface area contributed by atoms with Gasteiger partial charge in [-0.25, -0.2) is 17.7 Å². The summed E-state index contributed by atoms with van der Waals surface area (Å²) in [6.45, 7) is 6.67. The Balaban J connectivity index is 1.92. The first-order valence-electron chi connectivity index (χ1n) is 7.37. The third-order valence-electron chi connectivity index (χ3n) is 3.49. The fraction of sp³-hybridized carbons (Fsp3) is 0.714. The average Bonchev–Trinajstić information content (AvgIpc) is 2.38. The number of hydrogen-bond acceptors (Lipinski definition) is 5. The van der Waals surface area contributed by atoms with Gasteiger partial charge in [-0.05, 0) is 33.1 Å². The molecule has 0 saturated carbocycles. The molecule has 0 aliphatic carbocycles. The second-order valence-corrected chi connectivity index (χ2v) is 7.52. The first-order chi connectivity index (χ1) is 9.90. The molecular formula is C14H23N3O3S. The van der Waals surface area contributed by atoms with Crippen molar-refractivity contribution in [2.75, 3.05) is 18.8 Å². The highest BCUT2D eigenvalue weighted by Crippen LogP contribution is 2.20. The van der Waals surface area contributed by atoms with E-state index < -0.39 is 10.0 Å². The van der Waals surface area contributed by atoms with Crippen LogP contribution in [-0.2, 0) is 10.0 Å². The molecule has 1 fully saturated rings. The highest BCUT2D eigenvalue weighted by atomic mass is 32.2. The van der Waals surface area contributed by atoms with E-state index in [0.717, 1.165) is 5.69 Å². The minimum atomic E-state index is -3.09. The minimum Gasteiger partial charge on any atom is -0.474 e. The van der Waals surface area contributed by atoms with E-state index in [1.54, 1.807) is 4.31 Å². The van der Waals surface area contributed by atoms with Gasteiger partial charge in [-0.1, -0.05) is 6.92 Å². The Morgan fingerprint density at radius 1 is 1.29 bits per heavy atom. The van der Waals surface area contributed by atoms with Gasteiger partial charge in [-0.15, -0.1) is 0 Å². The van der Waals surface area contributed by atoms with Crippen LogP contribution in [0.2, 0.25) is 0 Å². The van der Waals surface area contributed by atoms with Gasteiger partial charge in [0.15, 0.2) is 0 Å². The maximum absolute atomic E-state index is 12.0. The number of aryl methyl sites for hydroxylation is 2. The van der Waals surface area contributed by atoms with Crippen molar-refractivity contribution in [2.45, 2.75) is 46.1 Å². The van der Waals surface area contributed by atoms with Crippen LogP contribution in [0, 0.1) is 13.8 Å². The Morgan fingerprint density at radius 3 is 2.52 bits per heavy atom. The normalized spacial score (nSPS) is 17.9. The molecule has 0 bridgehead atoms. The van der Waals surface area contributed by atoms with E-state index in [1.165, 1.54) is 0 Å². The molecule has 2 heterocycles. The number of piperidine rings is 1. The number of aromatic nitrogens is 2. The molecule has 1 aromatic rings. The van der Waals surface area contributed by atoms with Crippen molar-refractivity contribution in [2.24, 2.45) is 0 Å². The standard InChI is InChI=1S/C14H23N3O3S/c1-4-9-21(18,19)17-7-5-13(6-8-17)20-14-10-11(2)15-12(3)16-14/h10,13H,4-9H2,1-3H3. The summed E-state index contributed by atoms with van der Waals surface area (Å²) in [4.78, 5) is 8.47. The Morgan fingerprint density at radius 2 is 1.95 bits per heavy atom. The van der Waals surface area contributed by atoms with Crippen molar-refractivity contribution in [3.8, 4) is 5.88 Å². The monoisotopic (exact) mass is 313 g/mol. The van der Waals surface area contributed by atoms with Gasteiger partial charge in [0, 0.05) is 24.8 Å². The highest BCUT2D eigenvalue weighted by Gasteiger charge is 2.28. The number of sulfonamides is 1. The van der Waals surface area contributed by atoms with Crippen molar-refractivity contribution >= 4 is 10.0 Å². The molecule has 1 aromatic heterocycles. The predicted octanol–water partition coefficient (Wildman–Crippen LogP) is 1.68. The maximum atomic E-state index is 12.0. The lowest BCUT2D eigenvalue weighted by molar-refractivity contribution is 0.129. The zero-order valence-electron chi connectivity index (χ0n) is 12.9. The molecule has 1 aliphatic heterocycles. The molecule has 0 radical (unpaired) electrons. The van der Waals surface area contributed by atoms with E-state index in [1.807, 2.05) is 26.8 Å². The Kier molecular flexibility index (Phi) is 5.16. The van der Waals surface area contributed by atoms with E-state index in [2.05, 4.69) is 9.97 Å². The van der Waals surface area contributed by atoms with Gasteiger partial charge in [0.1, 0.15) is 11.9 Å². The molecule has 6 nitrogen and oxygen atoms in total. The summed E-state index contributed by atoms with van der Waals surface area (Å²) >= 11 is 0. The second-order valence-electron chi connectivity index (χ2n) is 5.43. The lowest BCUT2D eigenvalue weighted by Crippen LogP contribution is -2.42. The van der Waals surface area contributed by atoms with Gasteiger partial charge in [0.25, 0.3) is 0 Å². The van der Waals surface area contributed by atoms with Crippen LogP contribution in [0.3, 0.4) is 0 Å². The van der Waals surface area contributed by atoms with Crippen LogP contribution in [0.4, 0.5) is 0 Å². The lowest BCUT2D eigenvalue weighted by Gasteiger charge is -2.31. The number of nitrogens with zero attached hydrogens (tertiary/aromatic N) is 3. The Bertz CT molecular complexity index is 561. The van der Waals surface area contributed by atoms with Gasteiger partial charge in [0.05, 0.1) is 5.75 Å². The summed E-state index contributed by atoms with van der Waals surface area (Å²) in [6.07, 6.45) is 2.07. The van der Waals surface area contributed by atoms with Crippen molar-refractivity contribution < 1.29 is 13.2 Å². The van der Waals surface area contributed by atoms with Crippen molar-refractivity contribution in [1.82, 2.24) is 14.3 Å². The minimum absolute atomic E-state index is 0.0202. The number of hydrogen-bond donors (Lipinski definition) is 0. The zero-order valence-corrected chi connectivity index (χ0v) is 13.7. The predicted molar refractivity (Wildman–Crippen MR) is 80.8 cm³/mol. The van der Waals surface area contributed by atoms with Gasteiger partial charge in [-0.3, -0.25) is 0 Å². The van der Waals surface area contributed by atoms with Crippen molar-refractivity contribution in [3.05, 3.63) is 17.6 Å². The molecule has 7 heteroatoms. The van der Waals surface area contributed by atoms with Crippen LogP contribution in [0.1, 0.15) is 37.7 Å². The molecule has 1 aliphatic rings. The molecule has 0 unspecified atom stereocenters. The van der Waals surface area contributed by atoms with Crippen LogP contribution in [-0.4, -0.2) is 47.6 Å². The summed E-state index contributed by atoms with van der Waals surface area (Å²) in [5, 5.41) is 0. The third-order valence-corrected chi connectivity index (χ3v) is 5.56. The molecule has 1 saturated heterocycles. The summed E-state index contributed by atoms with van der Waals surface area (Å²) in [5.74, 6) is 1.49. The molecule has 118 valence electrons.